The maximum atomic E-state index is 6.27. The van der Waals surface area contributed by atoms with Crippen LogP contribution in [0.15, 0.2) is 17.5 Å². The van der Waals surface area contributed by atoms with Crippen LogP contribution in [-0.2, 0) is 11.2 Å². The van der Waals surface area contributed by atoms with E-state index < -0.39 is 0 Å². The Morgan fingerprint density at radius 3 is 2.83 bits per heavy atom. The molecule has 0 saturated heterocycles. The van der Waals surface area contributed by atoms with Crippen molar-refractivity contribution in [2.45, 2.75) is 57.1 Å². The fraction of sp³-hybridized carbons (Fsp3) is 0.733. The van der Waals surface area contributed by atoms with Gasteiger partial charge >= 0.3 is 0 Å². The molecule has 100 valence electrons. The van der Waals surface area contributed by atoms with Gasteiger partial charge in [0, 0.05) is 22.8 Å². The number of hydrogen-bond donors (Lipinski definition) is 1. The Morgan fingerprint density at radius 1 is 1.33 bits per heavy atom. The van der Waals surface area contributed by atoms with Crippen LogP contribution >= 0.6 is 11.3 Å². The number of nitrogens with two attached hydrogens (primary N) is 1. The standard InChI is InChI=1S/C15H23NOS/c16-13-11-14(15(13)7-2-1-3-8-15)17-9-6-12-5-4-10-18-12/h4-5,10,13-14H,1-3,6-9,11,16H2. The molecule has 2 nitrogen and oxygen atoms in total. The summed E-state index contributed by atoms with van der Waals surface area (Å²) in [5, 5.41) is 2.14. The molecular formula is C15H23NOS. The first-order chi connectivity index (χ1) is 8.81. The highest BCUT2D eigenvalue weighted by atomic mass is 32.1. The smallest absolute Gasteiger partial charge is 0.0661 e. The lowest BCUT2D eigenvalue weighted by Gasteiger charge is -2.56. The predicted octanol–water partition coefficient (Wildman–Crippen LogP) is 3.36. The Bertz CT molecular complexity index is 370. The molecule has 3 heteroatoms. The van der Waals surface area contributed by atoms with E-state index in [1.165, 1.54) is 37.0 Å². The SMILES string of the molecule is NC1CC(OCCc2cccs2)C12CCCCC2. The lowest BCUT2D eigenvalue weighted by Crippen LogP contribution is -2.63. The highest BCUT2D eigenvalue weighted by Gasteiger charge is 2.53. The minimum Gasteiger partial charge on any atom is -0.377 e. The minimum atomic E-state index is 0.341. The van der Waals surface area contributed by atoms with Crippen molar-refractivity contribution >= 4 is 11.3 Å². The van der Waals surface area contributed by atoms with Gasteiger partial charge in [-0.15, -0.1) is 11.3 Å². The monoisotopic (exact) mass is 265 g/mol. The molecule has 0 aliphatic heterocycles. The van der Waals surface area contributed by atoms with E-state index in [0.29, 0.717) is 17.6 Å². The van der Waals surface area contributed by atoms with E-state index in [4.69, 9.17) is 10.5 Å². The van der Waals surface area contributed by atoms with E-state index in [9.17, 15) is 0 Å². The molecule has 2 atom stereocenters. The molecule has 2 N–H and O–H groups in total. The summed E-state index contributed by atoms with van der Waals surface area (Å²) in [6, 6.07) is 4.70. The zero-order chi connectivity index (χ0) is 12.4. The van der Waals surface area contributed by atoms with Gasteiger partial charge in [0.25, 0.3) is 0 Å². The van der Waals surface area contributed by atoms with E-state index in [1.54, 1.807) is 0 Å². The summed E-state index contributed by atoms with van der Waals surface area (Å²) >= 11 is 1.82. The van der Waals surface area contributed by atoms with E-state index in [1.807, 2.05) is 11.3 Å². The summed E-state index contributed by atoms with van der Waals surface area (Å²) in [4.78, 5) is 1.43. The Kier molecular flexibility index (Phi) is 3.73. The molecule has 2 aliphatic carbocycles. The first-order valence-corrected chi connectivity index (χ1v) is 8.09. The zero-order valence-corrected chi connectivity index (χ0v) is 11.8. The van der Waals surface area contributed by atoms with E-state index >= 15 is 0 Å². The number of hydrogen-bond acceptors (Lipinski definition) is 3. The lowest BCUT2D eigenvalue weighted by atomic mass is 9.55. The molecular weight excluding hydrogens is 242 g/mol. The highest BCUT2D eigenvalue weighted by Crippen LogP contribution is 2.52. The van der Waals surface area contributed by atoms with Crippen molar-refractivity contribution in [3.8, 4) is 0 Å². The van der Waals surface area contributed by atoms with Crippen molar-refractivity contribution in [2.24, 2.45) is 11.1 Å². The van der Waals surface area contributed by atoms with Gasteiger partial charge in [-0.1, -0.05) is 25.3 Å². The molecule has 0 amide bonds. The number of thiophene rings is 1. The summed E-state index contributed by atoms with van der Waals surface area (Å²) in [5.41, 5.74) is 6.61. The second-order valence-corrected chi connectivity index (χ2v) is 6.86. The van der Waals surface area contributed by atoms with Gasteiger partial charge in [-0.3, -0.25) is 0 Å². The van der Waals surface area contributed by atoms with Gasteiger partial charge in [-0.2, -0.15) is 0 Å². The highest BCUT2D eigenvalue weighted by molar-refractivity contribution is 7.09. The van der Waals surface area contributed by atoms with Crippen LogP contribution in [0.3, 0.4) is 0 Å². The molecule has 18 heavy (non-hydrogen) atoms. The largest absolute Gasteiger partial charge is 0.377 e. The third kappa shape index (κ3) is 2.24. The normalized spacial score (nSPS) is 30.3. The second-order valence-electron chi connectivity index (χ2n) is 5.82. The molecule has 0 bridgehead atoms. The fourth-order valence-corrected chi connectivity index (χ4v) is 4.36. The molecule has 2 unspecified atom stereocenters. The molecule has 2 saturated carbocycles. The van der Waals surface area contributed by atoms with Crippen LogP contribution in [0.5, 0.6) is 0 Å². The van der Waals surface area contributed by atoms with Crippen molar-refractivity contribution in [3.05, 3.63) is 22.4 Å². The number of ether oxygens (including phenoxy) is 1. The van der Waals surface area contributed by atoms with Crippen molar-refractivity contribution in [2.75, 3.05) is 6.61 Å². The third-order valence-electron chi connectivity index (χ3n) is 4.88. The summed E-state index contributed by atoms with van der Waals surface area (Å²) < 4.78 is 6.14. The van der Waals surface area contributed by atoms with Crippen LogP contribution in [0.1, 0.15) is 43.4 Å². The van der Waals surface area contributed by atoms with E-state index in [0.717, 1.165) is 19.4 Å². The quantitative estimate of drug-likeness (QED) is 0.906. The molecule has 2 aliphatic rings. The van der Waals surface area contributed by atoms with Gasteiger partial charge < -0.3 is 10.5 Å². The molecule has 0 aromatic carbocycles. The number of rotatable bonds is 4. The summed E-state index contributed by atoms with van der Waals surface area (Å²) in [7, 11) is 0. The maximum absolute atomic E-state index is 6.27. The third-order valence-corrected chi connectivity index (χ3v) is 5.82. The predicted molar refractivity (Wildman–Crippen MR) is 75.9 cm³/mol. The molecule has 3 rings (SSSR count). The summed E-state index contributed by atoms with van der Waals surface area (Å²) in [6.07, 6.45) is 9.22. The molecule has 0 radical (unpaired) electrons. The van der Waals surface area contributed by atoms with Crippen LogP contribution in [0.4, 0.5) is 0 Å². The summed E-state index contributed by atoms with van der Waals surface area (Å²) in [6.45, 7) is 0.861. The average Bonchev–Trinajstić information content (AvgIpc) is 2.92. The fourth-order valence-electron chi connectivity index (χ4n) is 3.67. The molecule has 1 aromatic heterocycles. The first-order valence-electron chi connectivity index (χ1n) is 7.21. The Balaban J connectivity index is 1.50. The van der Waals surface area contributed by atoms with Crippen LogP contribution < -0.4 is 5.73 Å². The van der Waals surface area contributed by atoms with Gasteiger partial charge in [-0.05, 0) is 30.7 Å². The molecule has 1 spiro atoms. The van der Waals surface area contributed by atoms with Crippen LogP contribution in [0, 0.1) is 5.41 Å². The topological polar surface area (TPSA) is 35.2 Å². The van der Waals surface area contributed by atoms with Crippen molar-refractivity contribution in [3.63, 3.8) is 0 Å². The maximum Gasteiger partial charge on any atom is 0.0661 e. The van der Waals surface area contributed by atoms with Crippen LogP contribution in [-0.4, -0.2) is 18.8 Å². The van der Waals surface area contributed by atoms with Gasteiger partial charge in [0.15, 0.2) is 0 Å². The lowest BCUT2D eigenvalue weighted by molar-refractivity contribution is -0.142. The van der Waals surface area contributed by atoms with Crippen LogP contribution in [0.2, 0.25) is 0 Å². The Morgan fingerprint density at radius 2 is 2.17 bits per heavy atom. The Labute approximate surface area is 114 Å². The second kappa shape index (κ2) is 5.32. The van der Waals surface area contributed by atoms with Gasteiger partial charge in [0.1, 0.15) is 0 Å². The van der Waals surface area contributed by atoms with Crippen molar-refractivity contribution in [1.29, 1.82) is 0 Å². The minimum absolute atomic E-state index is 0.341. The van der Waals surface area contributed by atoms with E-state index in [-0.39, 0.29) is 0 Å². The van der Waals surface area contributed by atoms with Gasteiger partial charge in [0.05, 0.1) is 12.7 Å². The summed E-state index contributed by atoms with van der Waals surface area (Å²) in [5.74, 6) is 0. The molecule has 1 heterocycles. The van der Waals surface area contributed by atoms with Gasteiger partial charge in [-0.25, -0.2) is 0 Å². The molecule has 1 aromatic rings. The van der Waals surface area contributed by atoms with Crippen molar-refractivity contribution < 1.29 is 4.74 Å². The zero-order valence-electron chi connectivity index (χ0n) is 10.9. The van der Waals surface area contributed by atoms with Crippen molar-refractivity contribution in [1.82, 2.24) is 0 Å². The van der Waals surface area contributed by atoms with Crippen LogP contribution in [0.25, 0.3) is 0 Å². The molecule has 2 fully saturated rings. The Hall–Kier alpha value is -0.380. The first kappa shape index (κ1) is 12.6. The average molecular weight is 265 g/mol. The van der Waals surface area contributed by atoms with E-state index in [2.05, 4.69) is 17.5 Å². The van der Waals surface area contributed by atoms with Gasteiger partial charge in [0.2, 0.25) is 0 Å².